The number of aryl methyl sites for hydroxylation is 1. The summed E-state index contributed by atoms with van der Waals surface area (Å²) in [4.78, 5) is 43.1. The molecule has 2 saturated heterocycles. The van der Waals surface area contributed by atoms with Crippen molar-refractivity contribution in [3.63, 3.8) is 0 Å². The number of nitrogens with zero attached hydrogens (tertiary/aromatic N) is 7. The van der Waals surface area contributed by atoms with E-state index in [0.717, 1.165) is 43.6 Å². The molecule has 0 unspecified atom stereocenters. The lowest BCUT2D eigenvalue weighted by atomic mass is 10.2. The zero-order valence-electron chi connectivity index (χ0n) is 19.1. The second-order valence-electron chi connectivity index (χ2n) is 8.71. The minimum atomic E-state index is -0.504. The van der Waals surface area contributed by atoms with E-state index in [1.807, 2.05) is 13.0 Å². The first-order valence-corrected chi connectivity index (χ1v) is 11.4. The highest BCUT2D eigenvalue weighted by molar-refractivity contribution is 5.79. The van der Waals surface area contributed by atoms with E-state index in [1.54, 1.807) is 23.1 Å². The molecule has 0 bridgehead atoms. The van der Waals surface area contributed by atoms with Gasteiger partial charge in [-0.25, -0.2) is 14.8 Å². The monoisotopic (exact) mass is 451 g/mol. The third kappa shape index (κ3) is 4.43. The number of anilines is 2. The minimum absolute atomic E-state index is 0.0178. The number of likely N-dealkylation sites (N-methyl/N-ethyl adjacent to an activating group) is 1. The van der Waals surface area contributed by atoms with Gasteiger partial charge < -0.3 is 24.0 Å². The number of amides is 1. The molecular formula is C23H29N7O3. The van der Waals surface area contributed by atoms with Crippen molar-refractivity contribution in [2.24, 2.45) is 0 Å². The molecule has 0 spiro atoms. The van der Waals surface area contributed by atoms with Crippen LogP contribution in [0.3, 0.4) is 0 Å². The normalized spacial score (nSPS) is 17.7. The Hall–Kier alpha value is -3.40. The summed E-state index contributed by atoms with van der Waals surface area (Å²) in [6, 6.07) is 9.22. The molecule has 174 valence electrons. The first kappa shape index (κ1) is 21.4. The highest BCUT2D eigenvalue weighted by Crippen LogP contribution is 2.22. The summed E-state index contributed by atoms with van der Waals surface area (Å²) in [6.07, 6.45) is 0. The Bertz CT molecular complexity index is 1200. The van der Waals surface area contributed by atoms with Gasteiger partial charge in [0.25, 0.3) is 0 Å². The molecule has 2 aliphatic heterocycles. The average Bonchev–Trinajstić information content (AvgIpc) is 3.14. The van der Waals surface area contributed by atoms with Crippen LogP contribution in [0, 0.1) is 6.92 Å². The fourth-order valence-electron chi connectivity index (χ4n) is 4.48. The van der Waals surface area contributed by atoms with Crippen LogP contribution in [0.5, 0.6) is 0 Å². The fraction of sp³-hybridized carbons (Fsp3) is 0.478. The lowest BCUT2D eigenvalue weighted by molar-refractivity contribution is -0.132. The predicted octanol–water partition coefficient (Wildman–Crippen LogP) is 0.794. The van der Waals surface area contributed by atoms with Crippen molar-refractivity contribution >= 4 is 28.6 Å². The van der Waals surface area contributed by atoms with E-state index < -0.39 is 5.76 Å². The largest absolute Gasteiger partial charge is 0.420 e. The predicted molar refractivity (Wildman–Crippen MR) is 126 cm³/mol. The third-order valence-electron chi connectivity index (χ3n) is 6.46. The average molecular weight is 452 g/mol. The van der Waals surface area contributed by atoms with E-state index in [2.05, 4.69) is 37.8 Å². The van der Waals surface area contributed by atoms with Crippen molar-refractivity contribution in [1.82, 2.24) is 24.3 Å². The highest BCUT2D eigenvalue weighted by atomic mass is 16.4. The van der Waals surface area contributed by atoms with Crippen molar-refractivity contribution in [3.05, 3.63) is 46.7 Å². The molecule has 2 aliphatic rings. The molecule has 0 aliphatic carbocycles. The fourth-order valence-corrected chi connectivity index (χ4v) is 4.48. The zero-order valence-corrected chi connectivity index (χ0v) is 19.1. The molecule has 10 heteroatoms. The van der Waals surface area contributed by atoms with Gasteiger partial charge in [-0.1, -0.05) is 12.1 Å². The summed E-state index contributed by atoms with van der Waals surface area (Å²) >= 11 is 0. The molecule has 2 fully saturated rings. The van der Waals surface area contributed by atoms with Gasteiger partial charge in [-0.05, 0) is 26.1 Å². The van der Waals surface area contributed by atoms with Crippen LogP contribution in [-0.4, -0.2) is 89.6 Å². The topological polar surface area (TPSA) is 91.0 Å². The molecule has 3 aromatic rings. The van der Waals surface area contributed by atoms with Gasteiger partial charge in [-0.2, -0.15) is 0 Å². The molecule has 1 amide bonds. The maximum Gasteiger partial charge on any atom is 0.420 e. The van der Waals surface area contributed by atoms with Crippen molar-refractivity contribution in [2.45, 2.75) is 13.5 Å². The molecule has 0 saturated carbocycles. The first-order chi connectivity index (χ1) is 16.0. The number of aromatic nitrogens is 3. The van der Waals surface area contributed by atoms with Crippen LogP contribution in [0.1, 0.15) is 5.82 Å². The van der Waals surface area contributed by atoms with E-state index >= 15 is 0 Å². The van der Waals surface area contributed by atoms with Crippen LogP contribution < -0.4 is 15.6 Å². The summed E-state index contributed by atoms with van der Waals surface area (Å²) in [6.45, 7) is 8.39. The van der Waals surface area contributed by atoms with Gasteiger partial charge in [0.05, 0.1) is 5.52 Å². The lowest BCUT2D eigenvalue weighted by Crippen LogP contribution is -2.50. The molecule has 0 N–H and O–H groups in total. The zero-order chi connectivity index (χ0) is 22.9. The molecule has 2 aromatic heterocycles. The molecule has 4 heterocycles. The smallest absolute Gasteiger partial charge is 0.408 e. The maximum atomic E-state index is 12.9. The second-order valence-corrected chi connectivity index (χ2v) is 8.71. The van der Waals surface area contributed by atoms with E-state index in [-0.39, 0.29) is 12.5 Å². The standard InChI is InChI=1S/C23H29N7O3/c1-17-24-20(27-9-7-26(2)8-10-27)15-21(25-17)28-11-13-29(14-12-28)22(31)16-30-18-5-3-4-6-19(18)33-23(30)32/h3-6,15H,7-14,16H2,1-2H3. The van der Waals surface area contributed by atoms with Gasteiger partial charge in [0.15, 0.2) is 5.58 Å². The van der Waals surface area contributed by atoms with Gasteiger partial charge in [0, 0.05) is 58.4 Å². The first-order valence-electron chi connectivity index (χ1n) is 11.4. The van der Waals surface area contributed by atoms with Crippen LogP contribution in [-0.2, 0) is 11.3 Å². The second kappa shape index (κ2) is 8.86. The number of benzene rings is 1. The van der Waals surface area contributed by atoms with Gasteiger partial charge in [0.1, 0.15) is 24.0 Å². The molecule has 1 aromatic carbocycles. The summed E-state index contributed by atoms with van der Waals surface area (Å²) in [5.74, 6) is 2.04. The van der Waals surface area contributed by atoms with E-state index in [4.69, 9.17) is 4.42 Å². The lowest BCUT2D eigenvalue weighted by Gasteiger charge is -2.37. The SMILES string of the molecule is Cc1nc(N2CCN(C)CC2)cc(N2CCN(C(=O)Cn3c(=O)oc4ccccc43)CC2)n1. The highest BCUT2D eigenvalue weighted by Gasteiger charge is 2.25. The summed E-state index contributed by atoms with van der Waals surface area (Å²) in [7, 11) is 2.14. The number of hydrogen-bond acceptors (Lipinski definition) is 8. The molecule has 33 heavy (non-hydrogen) atoms. The van der Waals surface area contributed by atoms with Crippen LogP contribution in [0.25, 0.3) is 11.1 Å². The number of rotatable bonds is 4. The quantitative estimate of drug-likeness (QED) is 0.575. The van der Waals surface area contributed by atoms with E-state index in [9.17, 15) is 9.59 Å². The number of piperazine rings is 2. The molecule has 10 nitrogen and oxygen atoms in total. The van der Waals surface area contributed by atoms with Gasteiger partial charge >= 0.3 is 5.76 Å². The number of carbonyl (C=O) groups is 1. The Morgan fingerprint density at radius 1 is 0.939 bits per heavy atom. The Morgan fingerprint density at radius 2 is 1.55 bits per heavy atom. The van der Waals surface area contributed by atoms with Crippen molar-refractivity contribution in [1.29, 1.82) is 0 Å². The van der Waals surface area contributed by atoms with Crippen LogP contribution >= 0.6 is 0 Å². The third-order valence-corrected chi connectivity index (χ3v) is 6.46. The van der Waals surface area contributed by atoms with Crippen LogP contribution in [0.4, 0.5) is 11.6 Å². The summed E-state index contributed by atoms with van der Waals surface area (Å²) in [5, 5.41) is 0. The summed E-state index contributed by atoms with van der Waals surface area (Å²) in [5.41, 5.74) is 1.14. The van der Waals surface area contributed by atoms with Gasteiger partial charge in [-0.15, -0.1) is 0 Å². The van der Waals surface area contributed by atoms with Crippen LogP contribution in [0.15, 0.2) is 39.5 Å². The molecular weight excluding hydrogens is 422 g/mol. The maximum absolute atomic E-state index is 12.9. The van der Waals surface area contributed by atoms with Gasteiger partial charge in [-0.3, -0.25) is 9.36 Å². The van der Waals surface area contributed by atoms with Gasteiger partial charge in [0.2, 0.25) is 5.91 Å². The Morgan fingerprint density at radius 3 is 2.21 bits per heavy atom. The molecule has 5 rings (SSSR count). The number of hydrogen-bond donors (Lipinski definition) is 0. The molecule has 0 atom stereocenters. The van der Waals surface area contributed by atoms with Crippen LogP contribution in [0.2, 0.25) is 0 Å². The molecule has 0 radical (unpaired) electrons. The Balaban J connectivity index is 1.24. The van der Waals surface area contributed by atoms with E-state index in [1.165, 1.54) is 4.57 Å². The van der Waals surface area contributed by atoms with E-state index in [0.29, 0.717) is 37.3 Å². The minimum Gasteiger partial charge on any atom is -0.408 e. The van der Waals surface area contributed by atoms with Crippen molar-refractivity contribution < 1.29 is 9.21 Å². The number of fused-ring (bicyclic) bond motifs is 1. The number of carbonyl (C=O) groups excluding carboxylic acids is 1. The van der Waals surface area contributed by atoms with Crippen molar-refractivity contribution in [3.8, 4) is 0 Å². The Kier molecular flexibility index (Phi) is 5.76. The number of oxazole rings is 1. The Labute approximate surface area is 192 Å². The number of para-hydroxylation sites is 2. The van der Waals surface area contributed by atoms with Crippen molar-refractivity contribution in [2.75, 3.05) is 69.2 Å². The summed E-state index contributed by atoms with van der Waals surface area (Å²) < 4.78 is 6.65.